The van der Waals surface area contributed by atoms with Crippen molar-refractivity contribution in [2.45, 2.75) is 39.0 Å². The molecular formula is C16H21NO3. The van der Waals surface area contributed by atoms with Gasteiger partial charge < -0.3 is 10.1 Å². The van der Waals surface area contributed by atoms with Crippen LogP contribution >= 0.6 is 0 Å². The zero-order valence-electron chi connectivity index (χ0n) is 12.1. The molecule has 0 aromatic heterocycles. The largest absolute Gasteiger partial charge is 0.465 e. The van der Waals surface area contributed by atoms with Crippen LogP contribution in [0.3, 0.4) is 0 Å². The highest BCUT2D eigenvalue weighted by Gasteiger charge is 2.21. The zero-order valence-corrected chi connectivity index (χ0v) is 12.1. The molecule has 1 aromatic rings. The average Bonchev–Trinajstić information content (AvgIpc) is 2.49. The van der Waals surface area contributed by atoms with Crippen molar-refractivity contribution in [1.29, 1.82) is 0 Å². The zero-order chi connectivity index (χ0) is 14.5. The fourth-order valence-corrected chi connectivity index (χ4v) is 2.60. The van der Waals surface area contributed by atoms with Gasteiger partial charge in [-0.05, 0) is 37.5 Å². The molecule has 0 saturated heterocycles. The number of carbonyl (C=O) groups is 2. The lowest BCUT2D eigenvalue weighted by atomic mass is 9.88. The summed E-state index contributed by atoms with van der Waals surface area (Å²) in [5.41, 5.74) is 2.10. The minimum Gasteiger partial charge on any atom is -0.465 e. The van der Waals surface area contributed by atoms with E-state index in [0.717, 1.165) is 31.2 Å². The number of hydrogen-bond donors (Lipinski definition) is 1. The molecule has 0 spiro atoms. The maximum Gasteiger partial charge on any atom is 0.337 e. The smallest absolute Gasteiger partial charge is 0.337 e. The van der Waals surface area contributed by atoms with Crippen molar-refractivity contribution in [3.05, 3.63) is 29.3 Å². The molecule has 1 fully saturated rings. The van der Waals surface area contributed by atoms with Gasteiger partial charge in [-0.25, -0.2) is 4.79 Å². The minimum absolute atomic E-state index is 0.0646. The van der Waals surface area contributed by atoms with Crippen molar-refractivity contribution in [3.8, 4) is 0 Å². The predicted octanol–water partition coefficient (Wildman–Crippen LogP) is 3.30. The molecule has 4 nitrogen and oxygen atoms in total. The van der Waals surface area contributed by atoms with Gasteiger partial charge in [0.05, 0.1) is 12.7 Å². The fourth-order valence-electron chi connectivity index (χ4n) is 2.60. The van der Waals surface area contributed by atoms with Crippen LogP contribution in [0.15, 0.2) is 18.2 Å². The second-order valence-electron chi connectivity index (χ2n) is 5.35. The van der Waals surface area contributed by atoms with Crippen LogP contribution < -0.4 is 5.32 Å². The third kappa shape index (κ3) is 3.38. The number of ether oxygens (including phenoxy) is 1. The molecule has 4 heteroatoms. The monoisotopic (exact) mass is 275 g/mol. The van der Waals surface area contributed by atoms with Crippen molar-refractivity contribution in [2.75, 3.05) is 12.4 Å². The van der Waals surface area contributed by atoms with E-state index in [1.165, 1.54) is 13.5 Å². The predicted molar refractivity (Wildman–Crippen MR) is 77.7 cm³/mol. The maximum absolute atomic E-state index is 12.2. The number of amides is 1. The molecule has 1 N–H and O–H groups in total. The van der Waals surface area contributed by atoms with Crippen LogP contribution in [0.1, 0.15) is 48.0 Å². The van der Waals surface area contributed by atoms with E-state index in [4.69, 9.17) is 4.74 Å². The van der Waals surface area contributed by atoms with Gasteiger partial charge in [0.25, 0.3) is 0 Å². The number of aryl methyl sites for hydroxylation is 1. The summed E-state index contributed by atoms with van der Waals surface area (Å²) >= 11 is 0. The quantitative estimate of drug-likeness (QED) is 0.861. The Bertz CT molecular complexity index is 504. The molecule has 1 aliphatic rings. The molecule has 0 heterocycles. The Morgan fingerprint density at radius 2 is 1.90 bits per heavy atom. The molecule has 0 unspecified atom stereocenters. The fraction of sp³-hybridized carbons (Fsp3) is 0.500. The van der Waals surface area contributed by atoms with Crippen LogP contribution in [0.4, 0.5) is 5.69 Å². The molecule has 1 saturated carbocycles. The van der Waals surface area contributed by atoms with Crippen LogP contribution in [-0.2, 0) is 9.53 Å². The third-order valence-electron chi connectivity index (χ3n) is 3.89. The number of benzene rings is 1. The van der Waals surface area contributed by atoms with Crippen molar-refractivity contribution in [2.24, 2.45) is 5.92 Å². The molecule has 0 radical (unpaired) electrons. The first-order valence-electron chi connectivity index (χ1n) is 7.11. The molecular weight excluding hydrogens is 254 g/mol. The lowest BCUT2D eigenvalue weighted by molar-refractivity contribution is -0.120. The Balaban J connectivity index is 2.11. The Kier molecular flexibility index (Phi) is 4.77. The Labute approximate surface area is 119 Å². The normalized spacial score (nSPS) is 15.7. The summed E-state index contributed by atoms with van der Waals surface area (Å²) in [5.74, 6) is -0.224. The Hall–Kier alpha value is -1.84. The highest BCUT2D eigenvalue weighted by atomic mass is 16.5. The number of hydrogen-bond acceptors (Lipinski definition) is 3. The number of nitrogens with one attached hydrogen (secondary N) is 1. The maximum atomic E-state index is 12.2. The van der Waals surface area contributed by atoms with Gasteiger partial charge in [0.15, 0.2) is 0 Å². The molecule has 20 heavy (non-hydrogen) atoms. The summed E-state index contributed by atoms with van der Waals surface area (Å²) in [6, 6.07) is 5.21. The van der Waals surface area contributed by atoms with Crippen LogP contribution in [0.2, 0.25) is 0 Å². The number of methoxy groups -OCH3 is 1. The van der Waals surface area contributed by atoms with Gasteiger partial charge in [-0.3, -0.25) is 4.79 Å². The third-order valence-corrected chi connectivity index (χ3v) is 3.89. The van der Waals surface area contributed by atoms with Crippen LogP contribution in [0.5, 0.6) is 0 Å². The van der Waals surface area contributed by atoms with E-state index in [1.807, 2.05) is 13.0 Å². The van der Waals surface area contributed by atoms with E-state index in [1.54, 1.807) is 12.1 Å². The lowest BCUT2D eigenvalue weighted by Crippen LogP contribution is -2.25. The Morgan fingerprint density at radius 3 is 2.55 bits per heavy atom. The van der Waals surface area contributed by atoms with Gasteiger partial charge in [0.2, 0.25) is 5.91 Å². The van der Waals surface area contributed by atoms with E-state index in [9.17, 15) is 9.59 Å². The molecule has 2 rings (SSSR count). The van der Waals surface area contributed by atoms with Gasteiger partial charge in [-0.1, -0.05) is 25.3 Å². The first-order valence-corrected chi connectivity index (χ1v) is 7.11. The molecule has 0 aliphatic heterocycles. The van der Waals surface area contributed by atoms with Crippen molar-refractivity contribution in [3.63, 3.8) is 0 Å². The van der Waals surface area contributed by atoms with Gasteiger partial charge in [0, 0.05) is 11.6 Å². The van der Waals surface area contributed by atoms with E-state index < -0.39 is 5.97 Å². The highest BCUT2D eigenvalue weighted by Crippen LogP contribution is 2.26. The van der Waals surface area contributed by atoms with Crippen LogP contribution in [-0.4, -0.2) is 19.0 Å². The SMILES string of the molecule is COC(=O)c1ccc(C)c(NC(=O)C2CCCCC2)c1. The van der Waals surface area contributed by atoms with E-state index in [0.29, 0.717) is 11.3 Å². The standard InChI is InChI=1S/C16H21NO3/c1-11-8-9-13(16(19)20-2)10-14(11)17-15(18)12-6-4-3-5-7-12/h8-10,12H,3-7H2,1-2H3,(H,17,18). The Morgan fingerprint density at radius 1 is 1.20 bits per heavy atom. The number of anilines is 1. The van der Waals surface area contributed by atoms with E-state index in [2.05, 4.69) is 5.32 Å². The number of carbonyl (C=O) groups excluding carboxylic acids is 2. The summed E-state index contributed by atoms with van der Waals surface area (Å²) in [4.78, 5) is 23.8. The summed E-state index contributed by atoms with van der Waals surface area (Å²) in [7, 11) is 1.35. The van der Waals surface area contributed by atoms with Crippen molar-refractivity contribution >= 4 is 17.6 Å². The second kappa shape index (κ2) is 6.55. The summed E-state index contributed by atoms with van der Waals surface area (Å²) in [5, 5.41) is 2.95. The molecule has 108 valence electrons. The topological polar surface area (TPSA) is 55.4 Å². The summed E-state index contributed by atoms with van der Waals surface area (Å²) in [6.07, 6.45) is 5.39. The van der Waals surface area contributed by atoms with Gasteiger partial charge >= 0.3 is 5.97 Å². The van der Waals surface area contributed by atoms with Crippen LogP contribution in [0.25, 0.3) is 0 Å². The van der Waals surface area contributed by atoms with Crippen LogP contribution in [0, 0.1) is 12.8 Å². The van der Waals surface area contributed by atoms with Gasteiger partial charge in [-0.15, -0.1) is 0 Å². The second-order valence-corrected chi connectivity index (χ2v) is 5.35. The summed E-state index contributed by atoms with van der Waals surface area (Å²) < 4.78 is 4.70. The molecule has 1 aliphatic carbocycles. The van der Waals surface area contributed by atoms with Gasteiger partial charge in [-0.2, -0.15) is 0 Å². The first kappa shape index (κ1) is 14.6. The molecule has 1 amide bonds. The molecule has 0 atom stereocenters. The number of rotatable bonds is 3. The molecule has 1 aromatic carbocycles. The average molecular weight is 275 g/mol. The molecule has 0 bridgehead atoms. The van der Waals surface area contributed by atoms with Gasteiger partial charge in [0.1, 0.15) is 0 Å². The van der Waals surface area contributed by atoms with Crippen molar-refractivity contribution in [1.82, 2.24) is 0 Å². The number of esters is 1. The first-order chi connectivity index (χ1) is 9.61. The summed E-state index contributed by atoms with van der Waals surface area (Å²) in [6.45, 7) is 1.91. The minimum atomic E-state index is -0.391. The van der Waals surface area contributed by atoms with E-state index in [-0.39, 0.29) is 11.8 Å². The van der Waals surface area contributed by atoms with Crippen molar-refractivity contribution < 1.29 is 14.3 Å². The highest BCUT2D eigenvalue weighted by molar-refractivity contribution is 5.96. The lowest BCUT2D eigenvalue weighted by Gasteiger charge is -2.21. The van der Waals surface area contributed by atoms with E-state index >= 15 is 0 Å².